The second-order valence-electron chi connectivity index (χ2n) is 5.33. The lowest BCUT2D eigenvalue weighted by atomic mass is 9.90. The van der Waals surface area contributed by atoms with Gasteiger partial charge in [0.2, 0.25) is 0 Å². The van der Waals surface area contributed by atoms with E-state index >= 15 is 0 Å². The maximum Gasteiger partial charge on any atom is 0.332 e. The maximum absolute atomic E-state index is 12.1. The fourth-order valence-electron chi connectivity index (χ4n) is 2.89. The van der Waals surface area contributed by atoms with E-state index in [-0.39, 0.29) is 31.1 Å². The summed E-state index contributed by atoms with van der Waals surface area (Å²) >= 11 is 0. The van der Waals surface area contributed by atoms with Crippen molar-refractivity contribution in [2.75, 3.05) is 19.7 Å². The van der Waals surface area contributed by atoms with E-state index in [0.29, 0.717) is 13.2 Å². The van der Waals surface area contributed by atoms with Crippen LogP contribution in [-0.2, 0) is 9.53 Å². The highest BCUT2D eigenvalue weighted by Gasteiger charge is 2.36. The molecule has 7 heteroatoms. The molecule has 1 aliphatic carbocycles. The number of hydrogen-bond donors (Lipinski definition) is 3. The Kier molecular flexibility index (Phi) is 5.19. The van der Waals surface area contributed by atoms with Gasteiger partial charge < -0.3 is 25.2 Å². The number of nitrogens with one attached hydrogen (secondary N) is 1. The minimum absolute atomic E-state index is 0.0134. The van der Waals surface area contributed by atoms with Crippen LogP contribution in [-0.4, -0.2) is 65.1 Å². The fourth-order valence-corrected chi connectivity index (χ4v) is 2.89. The van der Waals surface area contributed by atoms with Crippen molar-refractivity contribution in [3.8, 4) is 0 Å². The summed E-state index contributed by atoms with van der Waals surface area (Å²) in [5, 5.41) is 20.4. The van der Waals surface area contributed by atoms with Crippen molar-refractivity contribution < 1.29 is 24.5 Å². The number of carbonyl (C=O) groups is 2. The van der Waals surface area contributed by atoms with Crippen molar-refractivity contribution in [2.45, 2.75) is 50.4 Å². The number of nitrogens with zero attached hydrogens (tertiary/aromatic N) is 1. The van der Waals surface area contributed by atoms with E-state index in [2.05, 4.69) is 5.32 Å². The highest BCUT2D eigenvalue weighted by Crippen LogP contribution is 2.28. The molecule has 0 spiro atoms. The first-order valence-corrected chi connectivity index (χ1v) is 7.16. The summed E-state index contributed by atoms with van der Waals surface area (Å²) in [4.78, 5) is 24.4. The number of carbonyl (C=O) groups excluding carboxylic acids is 1. The van der Waals surface area contributed by atoms with Crippen LogP contribution < -0.4 is 5.32 Å². The van der Waals surface area contributed by atoms with E-state index < -0.39 is 12.1 Å². The van der Waals surface area contributed by atoms with Crippen LogP contribution in [0.15, 0.2) is 0 Å². The lowest BCUT2D eigenvalue weighted by Gasteiger charge is -2.43. The highest BCUT2D eigenvalue weighted by molar-refractivity contribution is 5.75. The van der Waals surface area contributed by atoms with Crippen molar-refractivity contribution >= 4 is 12.0 Å². The van der Waals surface area contributed by atoms with Crippen LogP contribution >= 0.6 is 0 Å². The van der Waals surface area contributed by atoms with Gasteiger partial charge in [-0.15, -0.1) is 0 Å². The number of morpholine rings is 1. The van der Waals surface area contributed by atoms with Gasteiger partial charge in [0.05, 0.1) is 18.8 Å². The molecule has 1 aliphatic heterocycles. The van der Waals surface area contributed by atoms with Gasteiger partial charge in [-0.25, -0.2) is 9.59 Å². The van der Waals surface area contributed by atoms with Gasteiger partial charge in [0.15, 0.2) is 6.10 Å². The molecule has 0 radical (unpaired) electrons. The molecule has 2 aliphatic rings. The number of hydrogen-bond acceptors (Lipinski definition) is 4. The normalized spacial score (nSPS) is 27.6. The number of aliphatic carboxylic acids is 1. The van der Waals surface area contributed by atoms with Crippen LogP contribution in [0, 0.1) is 0 Å². The first-order valence-electron chi connectivity index (χ1n) is 7.16. The van der Waals surface area contributed by atoms with Gasteiger partial charge in [-0.2, -0.15) is 0 Å². The number of rotatable bonds is 4. The summed E-state index contributed by atoms with van der Waals surface area (Å²) in [5.41, 5.74) is 0. The SMILES string of the molecule is O=C(O)C(O)CCNC(=O)N1CCOC2CCCCC21. The van der Waals surface area contributed by atoms with Crippen molar-refractivity contribution in [3.05, 3.63) is 0 Å². The second-order valence-corrected chi connectivity index (χ2v) is 5.33. The Morgan fingerprint density at radius 3 is 2.85 bits per heavy atom. The molecule has 0 aromatic carbocycles. The summed E-state index contributed by atoms with van der Waals surface area (Å²) in [6.07, 6.45) is 2.91. The van der Waals surface area contributed by atoms with Gasteiger partial charge in [-0.3, -0.25) is 0 Å². The predicted molar refractivity (Wildman–Crippen MR) is 70.4 cm³/mol. The minimum atomic E-state index is -1.43. The third-order valence-electron chi connectivity index (χ3n) is 3.97. The third-order valence-corrected chi connectivity index (χ3v) is 3.97. The zero-order valence-corrected chi connectivity index (χ0v) is 11.5. The molecule has 2 fully saturated rings. The Hall–Kier alpha value is -1.34. The molecule has 3 N–H and O–H groups in total. The first-order chi connectivity index (χ1) is 9.59. The minimum Gasteiger partial charge on any atom is -0.479 e. The summed E-state index contributed by atoms with van der Waals surface area (Å²) < 4.78 is 5.70. The molecular formula is C13H22N2O5. The third kappa shape index (κ3) is 3.61. The maximum atomic E-state index is 12.1. The van der Waals surface area contributed by atoms with Crippen molar-refractivity contribution in [1.82, 2.24) is 10.2 Å². The largest absolute Gasteiger partial charge is 0.479 e. The van der Waals surface area contributed by atoms with E-state index in [9.17, 15) is 9.59 Å². The first kappa shape index (κ1) is 15.1. The number of ether oxygens (including phenoxy) is 1. The Balaban J connectivity index is 1.80. The molecule has 1 saturated heterocycles. The van der Waals surface area contributed by atoms with Crippen LogP contribution in [0.3, 0.4) is 0 Å². The Bertz CT molecular complexity index is 361. The van der Waals surface area contributed by atoms with Crippen LogP contribution in [0.25, 0.3) is 0 Å². The molecule has 114 valence electrons. The number of carboxylic acids is 1. The number of aliphatic hydroxyl groups excluding tert-OH is 1. The standard InChI is InChI=1S/C13H22N2O5/c16-10(12(17)18)5-6-14-13(19)15-7-8-20-11-4-2-1-3-9(11)15/h9-11,16H,1-8H2,(H,14,19)(H,17,18). The van der Waals surface area contributed by atoms with Crippen LogP contribution in [0.4, 0.5) is 4.79 Å². The second kappa shape index (κ2) is 6.90. The van der Waals surface area contributed by atoms with Crippen molar-refractivity contribution in [1.29, 1.82) is 0 Å². The predicted octanol–water partition coefficient (Wildman–Crippen LogP) is 0.175. The highest BCUT2D eigenvalue weighted by atomic mass is 16.5. The van der Waals surface area contributed by atoms with Gasteiger partial charge in [0, 0.05) is 19.5 Å². The van der Waals surface area contributed by atoms with Gasteiger partial charge in [-0.1, -0.05) is 12.8 Å². The van der Waals surface area contributed by atoms with Crippen LogP contribution in [0.1, 0.15) is 32.1 Å². The molecule has 0 bridgehead atoms. The van der Waals surface area contributed by atoms with Gasteiger partial charge >= 0.3 is 12.0 Å². The van der Waals surface area contributed by atoms with E-state index in [1.165, 1.54) is 0 Å². The van der Waals surface area contributed by atoms with Crippen LogP contribution in [0.5, 0.6) is 0 Å². The zero-order chi connectivity index (χ0) is 14.5. The smallest absolute Gasteiger partial charge is 0.332 e. The van der Waals surface area contributed by atoms with E-state index in [0.717, 1.165) is 25.7 Å². The molecule has 7 nitrogen and oxygen atoms in total. The average Bonchev–Trinajstić information content (AvgIpc) is 2.46. The summed E-state index contributed by atoms with van der Waals surface area (Å²) in [6.45, 7) is 1.27. The number of fused-ring (bicyclic) bond motifs is 1. The molecule has 1 heterocycles. The molecule has 2 rings (SSSR count). The lowest BCUT2D eigenvalue weighted by molar-refractivity contribution is -0.146. The van der Waals surface area contributed by atoms with Crippen molar-refractivity contribution in [2.24, 2.45) is 0 Å². The number of aliphatic hydroxyl groups is 1. The Morgan fingerprint density at radius 2 is 2.10 bits per heavy atom. The van der Waals surface area contributed by atoms with Crippen molar-refractivity contribution in [3.63, 3.8) is 0 Å². The average molecular weight is 286 g/mol. The van der Waals surface area contributed by atoms with Gasteiger partial charge in [-0.05, 0) is 12.8 Å². The molecular weight excluding hydrogens is 264 g/mol. The molecule has 2 amide bonds. The summed E-state index contributed by atoms with van der Waals surface area (Å²) in [5.74, 6) is -1.27. The number of urea groups is 1. The molecule has 3 unspecified atom stereocenters. The zero-order valence-electron chi connectivity index (χ0n) is 11.5. The van der Waals surface area contributed by atoms with E-state index in [1.807, 2.05) is 0 Å². The molecule has 0 aromatic heterocycles. The molecule has 3 atom stereocenters. The Labute approximate surface area is 117 Å². The fraction of sp³-hybridized carbons (Fsp3) is 0.846. The Morgan fingerprint density at radius 1 is 1.35 bits per heavy atom. The number of carboxylic acid groups (broad SMARTS) is 1. The molecule has 1 saturated carbocycles. The topological polar surface area (TPSA) is 99.1 Å². The monoisotopic (exact) mass is 286 g/mol. The van der Waals surface area contributed by atoms with E-state index in [1.54, 1.807) is 4.90 Å². The number of amides is 2. The lowest BCUT2D eigenvalue weighted by Crippen LogP contribution is -2.57. The summed E-state index contributed by atoms with van der Waals surface area (Å²) in [6, 6.07) is -0.0651. The molecule has 20 heavy (non-hydrogen) atoms. The molecule has 0 aromatic rings. The van der Waals surface area contributed by atoms with Gasteiger partial charge in [0.1, 0.15) is 0 Å². The van der Waals surface area contributed by atoms with Crippen LogP contribution in [0.2, 0.25) is 0 Å². The summed E-state index contributed by atoms with van der Waals surface area (Å²) in [7, 11) is 0. The van der Waals surface area contributed by atoms with Gasteiger partial charge in [0.25, 0.3) is 0 Å². The quantitative estimate of drug-likeness (QED) is 0.684. The van der Waals surface area contributed by atoms with E-state index in [4.69, 9.17) is 14.9 Å².